The van der Waals surface area contributed by atoms with E-state index in [-0.39, 0.29) is 23.3 Å². The summed E-state index contributed by atoms with van der Waals surface area (Å²) in [4.78, 5) is 25.3. The molecule has 3 aromatic carbocycles. The molecule has 1 aromatic heterocycles. The lowest BCUT2D eigenvalue weighted by atomic mass is 9.90. The van der Waals surface area contributed by atoms with Crippen LogP contribution in [0.3, 0.4) is 0 Å². The Kier molecular flexibility index (Phi) is 6.13. The third-order valence-corrected chi connectivity index (χ3v) is 7.59. The maximum absolute atomic E-state index is 13.6. The van der Waals surface area contributed by atoms with Crippen LogP contribution in [0.2, 0.25) is 0 Å². The third-order valence-electron chi connectivity index (χ3n) is 6.43. The van der Waals surface area contributed by atoms with Crippen LogP contribution in [-0.4, -0.2) is 26.5 Å². The fourth-order valence-corrected chi connectivity index (χ4v) is 6.09. The molecule has 0 aliphatic carbocycles. The lowest BCUT2D eigenvalue weighted by Gasteiger charge is -2.21. The van der Waals surface area contributed by atoms with Crippen molar-refractivity contribution in [2.45, 2.75) is 30.3 Å². The lowest BCUT2D eigenvalue weighted by molar-refractivity contribution is -0.140. The Morgan fingerprint density at radius 1 is 1.03 bits per heavy atom. The Morgan fingerprint density at radius 2 is 1.75 bits per heavy atom. The van der Waals surface area contributed by atoms with Crippen LogP contribution in [0.15, 0.2) is 76.6 Å². The van der Waals surface area contributed by atoms with Gasteiger partial charge >= 0.3 is 12.1 Å². The van der Waals surface area contributed by atoms with Crippen molar-refractivity contribution in [2.24, 2.45) is 0 Å². The number of benzene rings is 3. The second-order valence-corrected chi connectivity index (χ2v) is 9.54. The zero-order valence-corrected chi connectivity index (χ0v) is 19.6. The number of nitrogens with zero attached hydrogens (tertiary/aromatic N) is 1. The molecule has 5 nitrogen and oxygen atoms in total. The predicted molar refractivity (Wildman–Crippen MR) is 131 cm³/mol. The van der Waals surface area contributed by atoms with Gasteiger partial charge in [0.05, 0.1) is 17.2 Å². The summed E-state index contributed by atoms with van der Waals surface area (Å²) in [6.07, 6.45) is -4.42. The average molecular weight is 512 g/mol. The van der Waals surface area contributed by atoms with Crippen LogP contribution in [0.5, 0.6) is 0 Å². The van der Waals surface area contributed by atoms with E-state index in [4.69, 9.17) is 0 Å². The standard InChI is InChI=1S/C27H20F3NO4S/c28-27(29,30)18-9-4-8-17(11-18)23-20(12-16-7-3-6-15-5-1-2-10-19(15)16)21(13-32)24(33)31-22(26(34)35)14-36-25(23)31/h1-11,22,32H,12-14H2,(H,34,35). The smallest absolute Gasteiger partial charge is 0.416 e. The molecule has 1 unspecified atom stereocenters. The fraction of sp³-hybridized carbons (Fsp3) is 0.185. The average Bonchev–Trinajstić information content (AvgIpc) is 3.30. The number of aliphatic hydroxyl groups excluding tert-OH is 1. The number of aliphatic hydroxyl groups is 1. The predicted octanol–water partition coefficient (Wildman–Crippen LogP) is 5.50. The first kappa shape index (κ1) is 24.1. The van der Waals surface area contributed by atoms with E-state index in [1.165, 1.54) is 12.1 Å². The van der Waals surface area contributed by atoms with Gasteiger partial charge in [0.15, 0.2) is 0 Å². The summed E-state index contributed by atoms with van der Waals surface area (Å²) in [6, 6.07) is 16.9. The normalized spacial score (nSPS) is 15.3. The number of halogens is 3. The summed E-state index contributed by atoms with van der Waals surface area (Å²) in [7, 11) is 0. The first-order chi connectivity index (χ1) is 17.2. The van der Waals surface area contributed by atoms with E-state index in [0.717, 1.165) is 44.8 Å². The number of rotatable bonds is 5. The number of aromatic nitrogens is 1. The van der Waals surface area contributed by atoms with Gasteiger partial charge in [-0.25, -0.2) is 4.79 Å². The largest absolute Gasteiger partial charge is 0.480 e. The number of carbonyl (C=O) groups is 1. The molecule has 0 bridgehead atoms. The van der Waals surface area contributed by atoms with Crippen LogP contribution in [0.4, 0.5) is 13.2 Å². The number of aliphatic carboxylic acids is 1. The van der Waals surface area contributed by atoms with Crippen molar-refractivity contribution in [1.29, 1.82) is 0 Å². The number of carboxylic acids is 1. The van der Waals surface area contributed by atoms with E-state index in [1.54, 1.807) is 0 Å². The monoisotopic (exact) mass is 511 g/mol. The van der Waals surface area contributed by atoms with Crippen LogP contribution >= 0.6 is 11.8 Å². The number of carboxylic acid groups (broad SMARTS) is 1. The van der Waals surface area contributed by atoms with Crippen LogP contribution in [0.1, 0.15) is 28.3 Å². The number of hydrogen-bond acceptors (Lipinski definition) is 4. The minimum absolute atomic E-state index is 0.0205. The summed E-state index contributed by atoms with van der Waals surface area (Å²) in [5, 5.41) is 22.1. The highest BCUT2D eigenvalue weighted by molar-refractivity contribution is 7.99. The summed E-state index contributed by atoms with van der Waals surface area (Å²) in [5.41, 5.74) is 0.248. The summed E-state index contributed by atoms with van der Waals surface area (Å²) < 4.78 is 41.8. The van der Waals surface area contributed by atoms with E-state index in [1.807, 2.05) is 42.5 Å². The summed E-state index contributed by atoms with van der Waals surface area (Å²) >= 11 is 1.12. The van der Waals surface area contributed by atoms with Gasteiger partial charge in [0, 0.05) is 16.9 Å². The Hall–Kier alpha value is -3.56. The van der Waals surface area contributed by atoms with Gasteiger partial charge in [-0.05, 0) is 46.0 Å². The minimum Gasteiger partial charge on any atom is -0.480 e. The van der Waals surface area contributed by atoms with Gasteiger partial charge in [-0.3, -0.25) is 9.36 Å². The fourth-order valence-electron chi connectivity index (χ4n) is 4.75. The van der Waals surface area contributed by atoms with Crippen molar-refractivity contribution < 1.29 is 28.2 Å². The molecule has 2 N–H and O–H groups in total. The maximum Gasteiger partial charge on any atom is 0.416 e. The van der Waals surface area contributed by atoms with Gasteiger partial charge in [0.25, 0.3) is 5.56 Å². The molecule has 4 aromatic rings. The highest BCUT2D eigenvalue weighted by Crippen LogP contribution is 2.44. The molecule has 0 saturated heterocycles. The molecule has 1 atom stereocenters. The number of hydrogen-bond donors (Lipinski definition) is 2. The Bertz CT molecular complexity index is 1560. The van der Waals surface area contributed by atoms with Gasteiger partial charge < -0.3 is 10.2 Å². The highest BCUT2D eigenvalue weighted by atomic mass is 32.2. The molecular formula is C27H20F3NO4S. The van der Waals surface area contributed by atoms with Gasteiger partial charge in [-0.1, -0.05) is 54.6 Å². The molecule has 0 saturated carbocycles. The summed E-state index contributed by atoms with van der Waals surface area (Å²) in [5.74, 6) is -1.16. The van der Waals surface area contributed by atoms with E-state index in [9.17, 15) is 33.0 Å². The summed E-state index contributed by atoms with van der Waals surface area (Å²) in [6.45, 7) is -0.678. The third kappa shape index (κ3) is 4.08. The molecule has 1 aliphatic rings. The Balaban J connectivity index is 1.83. The van der Waals surface area contributed by atoms with Gasteiger partial charge in [0.1, 0.15) is 6.04 Å². The number of alkyl halides is 3. The van der Waals surface area contributed by atoms with Gasteiger partial charge in [-0.2, -0.15) is 13.2 Å². The quantitative estimate of drug-likeness (QED) is 0.370. The van der Waals surface area contributed by atoms with Crippen LogP contribution in [-0.2, 0) is 24.0 Å². The van der Waals surface area contributed by atoms with Crippen LogP contribution in [0.25, 0.3) is 21.9 Å². The molecular weight excluding hydrogens is 491 g/mol. The second kappa shape index (κ2) is 9.15. The number of pyridine rings is 1. The minimum atomic E-state index is -4.59. The van der Waals surface area contributed by atoms with Crippen LogP contribution < -0.4 is 5.56 Å². The van der Waals surface area contributed by atoms with Crippen molar-refractivity contribution in [3.63, 3.8) is 0 Å². The molecule has 5 rings (SSSR count). The Labute approximate surface area is 207 Å². The first-order valence-electron chi connectivity index (χ1n) is 11.1. The molecule has 0 spiro atoms. The van der Waals surface area contributed by atoms with E-state index in [0.29, 0.717) is 16.2 Å². The highest BCUT2D eigenvalue weighted by Gasteiger charge is 2.36. The van der Waals surface area contributed by atoms with E-state index in [2.05, 4.69) is 0 Å². The first-order valence-corrected chi connectivity index (χ1v) is 12.1. The molecule has 9 heteroatoms. The molecule has 2 heterocycles. The van der Waals surface area contributed by atoms with Crippen molar-refractivity contribution in [2.75, 3.05) is 5.75 Å². The SMILES string of the molecule is O=C(O)C1CSc2c(-c3cccc(C(F)(F)F)c3)c(Cc3cccc4ccccc34)c(CO)c(=O)n21. The molecule has 184 valence electrons. The van der Waals surface area contributed by atoms with E-state index < -0.39 is 35.9 Å². The van der Waals surface area contributed by atoms with Crippen LogP contribution in [0, 0.1) is 0 Å². The molecule has 0 fully saturated rings. The molecule has 0 radical (unpaired) electrons. The number of thioether (sulfide) groups is 1. The lowest BCUT2D eigenvalue weighted by Crippen LogP contribution is -2.32. The molecule has 0 amide bonds. The topological polar surface area (TPSA) is 79.5 Å². The maximum atomic E-state index is 13.6. The molecule has 1 aliphatic heterocycles. The van der Waals surface area contributed by atoms with Crippen molar-refractivity contribution in [3.8, 4) is 11.1 Å². The van der Waals surface area contributed by atoms with Crippen molar-refractivity contribution in [1.82, 2.24) is 4.57 Å². The van der Waals surface area contributed by atoms with E-state index >= 15 is 0 Å². The van der Waals surface area contributed by atoms with Gasteiger partial charge in [-0.15, -0.1) is 11.8 Å². The Morgan fingerprint density at radius 3 is 2.47 bits per heavy atom. The zero-order chi connectivity index (χ0) is 25.6. The second-order valence-electron chi connectivity index (χ2n) is 8.53. The van der Waals surface area contributed by atoms with Gasteiger partial charge in [0.2, 0.25) is 0 Å². The number of fused-ring (bicyclic) bond motifs is 2. The molecule has 36 heavy (non-hydrogen) atoms. The van der Waals surface area contributed by atoms with Crippen molar-refractivity contribution in [3.05, 3.63) is 99.3 Å². The van der Waals surface area contributed by atoms with Crippen molar-refractivity contribution >= 4 is 28.5 Å². The zero-order valence-electron chi connectivity index (χ0n) is 18.7.